The summed E-state index contributed by atoms with van der Waals surface area (Å²) in [6.45, 7) is 3.97. The van der Waals surface area contributed by atoms with Gasteiger partial charge in [-0.1, -0.05) is 11.8 Å². The molecule has 2 aliphatic carbocycles. The Hall–Kier alpha value is -1.15. The first-order valence-electron chi connectivity index (χ1n) is 7.44. The molecule has 2 fully saturated rings. The summed E-state index contributed by atoms with van der Waals surface area (Å²) >= 11 is 1.45. The van der Waals surface area contributed by atoms with Crippen LogP contribution in [0.4, 0.5) is 0 Å². The van der Waals surface area contributed by atoms with Crippen molar-refractivity contribution >= 4 is 17.7 Å². The van der Waals surface area contributed by atoms with E-state index in [1.165, 1.54) is 11.8 Å². The number of thioether (sulfide) groups is 1. The fraction of sp³-hybridized carbons (Fsp3) is 0.846. The topological polar surface area (TPSA) is 92.9 Å². The maximum Gasteiger partial charge on any atom is 0.325 e. The number of aliphatic carboxylic acids is 1. The first-order valence-corrected chi connectivity index (χ1v) is 8.43. The lowest BCUT2D eigenvalue weighted by atomic mass is 9.94. The molecule has 1 atom stereocenters. The molecule has 0 saturated heterocycles. The number of tetrazole rings is 1. The monoisotopic (exact) mass is 311 g/mol. The van der Waals surface area contributed by atoms with Crippen LogP contribution in [0.1, 0.15) is 45.6 Å². The normalized spacial score (nSPS) is 21.5. The van der Waals surface area contributed by atoms with Gasteiger partial charge in [0.1, 0.15) is 5.54 Å². The van der Waals surface area contributed by atoms with Crippen molar-refractivity contribution in [2.45, 2.75) is 62.3 Å². The summed E-state index contributed by atoms with van der Waals surface area (Å²) in [6, 6.07) is 0.530. The summed E-state index contributed by atoms with van der Waals surface area (Å²) in [5.74, 6) is -0.107. The molecule has 3 rings (SSSR count). The molecular formula is C13H21N5O2S. The van der Waals surface area contributed by atoms with Crippen molar-refractivity contribution in [1.82, 2.24) is 25.5 Å². The molecule has 0 aromatic carbocycles. The average Bonchev–Trinajstić information content (AvgIpc) is 3.32. The van der Waals surface area contributed by atoms with Gasteiger partial charge >= 0.3 is 5.97 Å². The summed E-state index contributed by atoms with van der Waals surface area (Å²) in [5, 5.41) is 25.6. The number of rotatable bonds is 8. The number of carboxylic acid groups (broad SMARTS) is 1. The van der Waals surface area contributed by atoms with Gasteiger partial charge in [0.25, 0.3) is 0 Å². The summed E-state index contributed by atoms with van der Waals surface area (Å²) in [4.78, 5) is 11.9. The van der Waals surface area contributed by atoms with E-state index in [1.54, 1.807) is 0 Å². The molecule has 1 unspecified atom stereocenters. The smallest absolute Gasteiger partial charge is 0.325 e. The second-order valence-corrected chi connectivity index (χ2v) is 7.22. The fourth-order valence-corrected chi connectivity index (χ4v) is 3.89. The van der Waals surface area contributed by atoms with Crippen molar-refractivity contribution in [2.75, 3.05) is 5.75 Å². The van der Waals surface area contributed by atoms with Gasteiger partial charge in [-0.25, -0.2) is 4.68 Å². The van der Waals surface area contributed by atoms with Crippen LogP contribution in [0.25, 0.3) is 0 Å². The van der Waals surface area contributed by atoms with Crippen LogP contribution in [0.5, 0.6) is 0 Å². The molecule has 2 aliphatic rings. The van der Waals surface area contributed by atoms with Gasteiger partial charge in [0.15, 0.2) is 0 Å². The molecule has 7 nitrogen and oxygen atoms in total. The number of aromatic nitrogens is 4. The molecule has 0 aliphatic heterocycles. The molecule has 0 radical (unpaired) electrons. The van der Waals surface area contributed by atoms with Crippen LogP contribution in [0, 0.1) is 5.92 Å². The predicted octanol–water partition coefficient (Wildman–Crippen LogP) is 1.33. The Balaban J connectivity index is 1.74. The fourth-order valence-electron chi connectivity index (χ4n) is 2.67. The average molecular weight is 311 g/mol. The number of hydrogen-bond acceptors (Lipinski definition) is 6. The highest BCUT2D eigenvalue weighted by atomic mass is 32.2. The summed E-state index contributed by atoms with van der Waals surface area (Å²) in [5.41, 5.74) is -0.876. The molecular weight excluding hydrogens is 290 g/mol. The Bertz CT molecular complexity index is 526. The zero-order valence-corrected chi connectivity index (χ0v) is 13.1. The highest BCUT2D eigenvalue weighted by Gasteiger charge is 2.51. The van der Waals surface area contributed by atoms with Crippen molar-refractivity contribution in [2.24, 2.45) is 5.92 Å². The lowest BCUT2D eigenvalue weighted by Gasteiger charge is -2.32. The predicted molar refractivity (Wildman–Crippen MR) is 78.2 cm³/mol. The van der Waals surface area contributed by atoms with Crippen LogP contribution in [-0.2, 0) is 4.79 Å². The third kappa shape index (κ3) is 3.06. The molecule has 0 spiro atoms. The largest absolute Gasteiger partial charge is 0.480 e. The van der Waals surface area contributed by atoms with Gasteiger partial charge in [-0.3, -0.25) is 10.1 Å². The van der Waals surface area contributed by atoms with E-state index in [9.17, 15) is 9.90 Å². The van der Waals surface area contributed by atoms with Gasteiger partial charge in [0.05, 0.1) is 6.04 Å². The Morgan fingerprint density at radius 3 is 2.71 bits per heavy atom. The van der Waals surface area contributed by atoms with E-state index in [2.05, 4.69) is 20.8 Å². The summed E-state index contributed by atoms with van der Waals surface area (Å²) < 4.78 is 1.83. The van der Waals surface area contributed by atoms with Crippen LogP contribution in [0.15, 0.2) is 5.16 Å². The quantitative estimate of drug-likeness (QED) is 0.700. The maximum absolute atomic E-state index is 11.9. The van der Waals surface area contributed by atoms with E-state index in [1.807, 2.05) is 18.5 Å². The third-order valence-corrected chi connectivity index (χ3v) is 5.11. The van der Waals surface area contributed by atoms with Crippen LogP contribution in [0.2, 0.25) is 0 Å². The van der Waals surface area contributed by atoms with Crippen LogP contribution < -0.4 is 5.32 Å². The Morgan fingerprint density at radius 2 is 2.19 bits per heavy atom. The Kier molecular flexibility index (Phi) is 3.92. The first kappa shape index (κ1) is 14.8. The Labute approximate surface area is 127 Å². The summed E-state index contributed by atoms with van der Waals surface area (Å²) in [6.07, 6.45) is 4.16. The molecule has 1 aromatic rings. The molecule has 1 heterocycles. The van der Waals surface area contributed by atoms with E-state index in [0.717, 1.165) is 30.8 Å². The van der Waals surface area contributed by atoms with Crippen LogP contribution >= 0.6 is 11.8 Å². The second-order valence-electron chi connectivity index (χ2n) is 6.28. The molecule has 2 N–H and O–H groups in total. The number of nitrogens with one attached hydrogen (secondary N) is 1. The van der Waals surface area contributed by atoms with Crippen molar-refractivity contribution in [3.8, 4) is 0 Å². The van der Waals surface area contributed by atoms with Crippen LogP contribution in [-0.4, -0.2) is 48.6 Å². The molecule has 1 aromatic heterocycles. The zero-order chi connectivity index (χ0) is 15.0. The summed E-state index contributed by atoms with van der Waals surface area (Å²) in [7, 11) is 0. The SMILES string of the molecule is CC(C)NC(CSc1nnnn1C1CC1)(C(=O)O)C1CC1. The minimum absolute atomic E-state index is 0.127. The van der Waals surface area contributed by atoms with Gasteiger partial charge in [-0.05, 0) is 55.9 Å². The lowest BCUT2D eigenvalue weighted by Crippen LogP contribution is -2.58. The first-order chi connectivity index (χ1) is 10.0. The zero-order valence-electron chi connectivity index (χ0n) is 12.3. The maximum atomic E-state index is 11.9. The number of hydrogen-bond donors (Lipinski definition) is 2. The molecule has 21 heavy (non-hydrogen) atoms. The van der Waals surface area contributed by atoms with E-state index < -0.39 is 11.5 Å². The van der Waals surface area contributed by atoms with Crippen molar-refractivity contribution in [1.29, 1.82) is 0 Å². The number of carboxylic acids is 1. The molecule has 8 heteroatoms. The van der Waals surface area contributed by atoms with E-state index >= 15 is 0 Å². The molecule has 2 saturated carbocycles. The minimum atomic E-state index is -0.876. The van der Waals surface area contributed by atoms with Gasteiger partial charge in [0, 0.05) is 11.8 Å². The van der Waals surface area contributed by atoms with Gasteiger partial charge in [-0.15, -0.1) is 5.10 Å². The van der Waals surface area contributed by atoms with E-state index in [0.29, 0.717) is 11.8 Å². The third-order valence-electron chi connectivity index (χ3n) is 3.99. The van der Waals surface area contributed by atoms with Gasteiger partial charge in [0.2, 0.25) is 5.16 Å². The van der Waals surface area contributed by atoms with Crippen LogP contribution in [0.3, 0.4) is 0 Å². The highest BCUT2D eigenvalue weighted by Crippen LogP contribution is 2.43. The minimum Gasteiger partial charge on any atom is -0.480 e. The number of nitrogens with zero attached hydrogens (tertiary/aromatic N) is 4. The second kappa shape index (κ2) is 5.57. The van der Waals surface area contributed by atoms with Gasteiger partial charge in [-0.2, -0.15) is 0 Å². The van der Waals surface area contributed by atoms with Crippen molar-refractivity contribution in [3.05, 3.63) is 0 Å². The van der Waals surface area contributed by atoms with E-state index in [4.69, 9.17) is 0 Å². The highest BCUT2D eigenvalue weighted by molar-refractivity contribution is 7.99. The molecule has 116 valence electrons. The lowest BCUT2D eigenvalue weighted by molar-refractivity contribution is -0.145. The Morgan fingerprint density at radius 1 is 1.48 bits per heavy atom. The van der Waals surface area contributed by atoms with E-state index in [-0.39, 0.29) is 12.0 Å². The molecule has 0 bridgehead atoms. The van der Waals surface area contributed by atoms with Gasteiger partial charge < -0.3 is 5.11 Å². The standard InChI is InChI=1S/C13H21N5O2S/c1-8(2)14-13(11(19)20,9-3-4-9)7-21-12-15-16-17-18(12)10-5-6-10/h8-10,14H,3-7H2,1-2H3,(H,19,20). The number of carbonyl (C=O) groups is 1. The molecule has 0 amide bonds. The van der Waals surface area contributed by atoms with Crippen molar-refractivity contribution < 1.29 is 9.90 Å². The van der Waals surface area contributed by atoms with Crippen molar-refractivity contribution in [3.63, 3.8) is 0 Å².